The minimum Gasteiger partial charge on any atom is -0.271 e. The molecule has 1 heterocycles. The van der Waals surface area contributed by atoms with Gasteiger partial charge in [-0.25, -0.2) is 0 Å². The van der Waals surface area contributed by atoms with E-state index >= 15 is 0 Å². The molecule has 1 fully saturated rings. The molecule has 1 aliphatic heterocycles. The summed E-state index contributed by atoms with van der Waals surface area (Å²) in [5.74, 6) is -0.248. The van der Waals surface area contributed by atoms with Crippen molar-refractivity contribution in [3.05, 3.63) is 41.1 Å². The lowest BCUT2D eigenvalue weighted by molar-refractivity contribution is -0.121. The van der Waals surface area contributed by atoms with Gasteiger partial charge in [-0.05, 0) is 42.5 Å². The molecular weight excluding hydrogens is 340 g/mol. The van der Waals surface area contributed by atoms with Gasteiger partial charge in [0.1, 0.15) is 0 Å². The summed E-state index contributed by atoms with van der Waals surface area (Å²) in [5, 5.41) is 7.94. The van der Waals surface area contributed by atoms with Crippen molar-refractivity contribution < 1.29 is 13.2 Å². The Morgan fingerprint density at radius 1 is 1.24 bits per heavy atom. The van der Waals surface area contributed by atoms with E-state index in [0.29, 0.717) is 12.1 Å². The maximum atomic E-state index is 12.0. The first-order valence-corrected chi connectivity index (χ1v) is 9.77. The van der Waals surface area contributed by atoms with Gasteiger partial charge in [-0.3, -0.25) is 9.52 Å². The maximum absolute atomic E-state index is 12.0. The predicted molar refractivity (Wildman–Crippen MR) is 95.2 cm³/mol. The number of rotatable bonds is 5. The average molecular weight is 362 g/mol. The highest BCUT2D eigenvalue weighted by Gasteiger charge is 2.31. The van der Waals surface area contributed by atoms with E-state index in [0.717, 1.165) is 46.8 Å². The molecule has 1 atom stereocenters. The van der Waals surface area contributed by atoms with Crippen LogP contribution in [0.4, 0.5) is 5.69 Å². The van der Waals surface area contributed by atoms with E-state index in [1.54, 1.807) is 18.2 Å². The number of anilines is 1. The largest absolute Gasteiger partial charge is 0.301 e. The third kappa shape index (κ3) is 3.96. The summed E-state index contributed by atoms with van der Waals surface area (Å²) in [5.41, 5.74) is 3.38. The molecule has 2 aliphatic rings. The Morgan fingerprint density at radius 3 is 2.80 bits per heavy atom. The van der Waals surface area contributed by atoms with Crippen LogP contribution in [0.2, 0.25) is 0 Å². The molecule has 1 amide bonds. The third-order valence-corrected chi connectivity index (χ3v) is 6.03. The second-order valence-corrected chi connectivity index (χ2v) is 8.46. The molecule has 0 radical (unpaired) electrons. The van der Waals surface area contributed by atoms with Gasteiger partial charge in [-0.2, -0.15) is 17.8 Å². The zero-order chi connectivity index (χ0) is 18.0. The van der Waals surface area contributed by atoms with Crippen LogP contribution < -0.4 is 4.72 Å². The number of carbonyl (C=O) groups excluding carboxylic acids is 1. The molecule has 3 rings (SSSR count). The Hall–Kier alpha value is -2.06. The lowest BCUT2D eigenvalue weighted by Crippen LogP contribution is -2.28. The highest BCUT2D eigenvalue weighted by Crippen LogP contribution is 2.37. The summed E-state index contributed by atoms with van der Waals surface area (Å²) < 4.78 is 27.6. The van der Waals surface area contributed by atoms with Gasteiger partial charge in [0.25, 0.3) is 5.91 Å². The van der Waals surface area contributed by atoms with Gasteiger partial charge < -0.3 is 0 Å². The average Bonchev–Trinajstić information content (AvgIpc) is 2.57. The topological polar surface area (TPSA) is 91.2 Å². The van der Waals surface area contributed by atoms with E-state index < -0.39 is 10.2 Å². The highest BCUT2D eigenvalue weighted by molar-refractivity contribution is 7.90. The van der Waals surface area contributed by atoms with Gasteiger partial charge in [0, 0.05) is 20.5 Å². The maximum Gasteiger partial charge on any atom is 0.301 e. The number of hydrogen-bond acceptors (Lipinski definition) is 4. The first kappa shape index (κ1) is 17.8. The minimum atomic E-state index is -3.54. The normalized spacial score (nSPS) is 20.8. The second-order valence-electron chi connectivity index (χ2n) is 6.58. The third-order valence-electron chi connectivity index (χ3n) is 4.57. The molecule has 1 unspecified atom stereocenters. The number of amides is 1. The summed E-state index contributed by atoms with van der Waals surface area (Å²) >= 11 is 0. The first-order chi connectivity index (χ1) is 11.9. The number of hydrogen-bond donors (Lipinski definition) is 1. The highest BCUT2D eigenvalue weighted by atomic mass is 32.2. The van der Waals surface area contributed by atoms with Crippen molar-refractivity contribution in [1.82, 2.24) is 4.31 Å². The number of carbonyl (C=O) groups is 1. The Labute approximate surface area is 148 Å². The second kappa shape index (κ2) is 7.05. The van der Waals surface area contributed by atoms with Gasteiger partial charge >= 0.3 is 10.2 Å². The van der Waals surface area contributed by atoms with Crippen molar-refractivity contribution in [2.45, 2.75) is 32.1 Å². The number of benzene rings is 1. The number of nitrogens with zero attached hydrogens (tertiary/aromatic N) is 3. The molecule has 0 spiro atoms. The van der Waals surface area contributed by atoms with Crippen molar-refractivity contribution in [2.24, 2.45) is 16.1 Å². The summed E-state index contributed by atoms with van der Waals surface area (Å²) in [6.07, 6.45) is 4.39. The summed E-state index contributed by atoms with van der Waals surface area (Å²) in [6.45, 7) is 0. The molecule has 8 heteroatoms. The van der Waals surface area contributed by atoms with Crippen molar-refractivity contribution >= 4 is 21.8 Å². The lowest BCUT2D eigenvalue weighted by Gasteiger charge is -2.26. The van der Waals surface area contributed by atoms with Crippen LogP contribution in [0.25, 0.3) is 0 Å². The van der Waals surface area contributed by atoms with Gasteiger partial charge in [0.05, 0.1) is 17.3 Å². The summed E-state index contributed by atoms with van der Waals surface area (Å²) in [7, 11) is -0.596. The van der Waals surface area contributed by atoms with Gasteiger partial charge in [0.15, 0.2) is 0 Å². The number of allylic oxidation sites excluding steroid dienone is 1. The zero-order valence-corrected chi connectivity index (χ0v) is 15.2. The molecule has 25 heavy (non-hydrogen) atoms. The molecule has 1 aromatic carbocycles. The van der Waals surface area contributed by atoms with Crippen LogP contribution in [-0.4, -0.2) is 32.7 Å². The van der Waals surface area contributed by atoms with Crippen LogP contribution in [0.15, 0.2) is 45.8 Å². The molecule has 0 aromatic heterocycles. The number of nitrogens with one attached hydrogen (secondary N) is 1. The van der Waals surface area contributed by atoms with Crippen molar-refractivity contribution in [3.8, 4) is 0 Å². The fraction of sp³-hybridized carbons (Fsp3) is 0.471. The van der Waals surface area contributed by atoms with Crippen LogP contribution in [-0.2, 0) is 21.4 Å². The van der Waals surface area contributed by atoms with E-state index in [1.165, 1.54) is 14.1 Å². The molecular formula is C17H22N4O3S. The number of azo groups is 1. The van der Waals surface area contributed by atoms with Crippen LogP contribution in [0.5, 0.6) is 0 Å². The first-order valence-electron chi connectivity index (χ1n) is 8.33. The monoisotopic (exact) mass is 362 g/mol. The summed E-state index contributed by atoms with van der Waals surface area (Å²) in [4.78, 5) is 11.9. The fourth-order valence-electron chi connectivity index (χ4n) is 3.20. The van der Waals surface area contributed by atoms with Gasteiger partial charge in [-0.1, -0.05) is 18.6 Å². The molecule has 134 valence electrons. The van der Waals surface area contributed by atoms with Crippen LogP contribution in [0, 0.1) is 5.92 Å². The van der Waals surface area contributed by atoms with Crippen molar-refractivity contribution in [1.29, 1.82) is 0 Å². The molecule has 1 aromatic rings. The summed E-state index contributed by atoms with van der Waals surface area (Å²) in [6, 6.07) is 7.22. The van der Waals surface area contributed by atoms with Gasteiger partial charge in [-0.15, -0.1) is 5.11 Å². The standard InChI is InChI=1S/C17H22N4O3S/c1-21(2)25(23,24)20-13-7-5-6-12(10-13)11-16-14-8-3-4-9-15(14)17(22)19-18-16/h5-7,10,15,20H,3-4,8-9,11H2,1-2H3. The molecule has 0 bridgehead atoms. The van der Waals surface area contributed by atoms with Gasteiger partial charge in [0.2, 0.25) is 0 Å². The van der Waals surface area contributed by atoms with E-state index in [2.05, 4.69) is 15.0 Å². The van der Waals surface area contributed by atoms with E-state index in [4.69, 9.17) is 0 Å². The van der Waals surface area contributed by atoms with Crippen LogP contribution in [0.3, 0.4) is 0 Å². The fourth-order valence-corrected chi connectivity index (χ4v) is 3.81. The van der Waals surface area contributed by atoms with Crippen molar-refractivity contribution in [3.63, 3.8) is 0 Å². The number of fused-ring (bicyclic) bond motifs is 1. The van der Waals surface area contributed by atoms with Crippen LogP contribution in [0.1, 0.15) is 31.2 Å². The van der Waals surface area contributed by atoms with E-state index in [9.17, 15) is 13.2 Å². The van der Waals surface area contributed by atoms with Crippen LogP contribution >= 0.6 is 0 Å². The zero-order valence-electron chi connectivity index (χ0n) is 14.4. The Balaban J connectivity index is 1.83. The smallest absolute Gasteiger partial charge is 0.271 e. The Bertz CT molecular complexity index is 843. The molecule has 7 nitrogen and oxygen atoms in total. The Morgan fingerprint density at radius 2 is 2.04 bits per heavy atom. The minimum absolute atomic E-state index is 0.114. The molecule has 1 aliphatic carbocycles. The SMILES string of the molecule is CN(C)S(=O)(=O)Nc1cccc(CC2=C3CCCCC3C(=O)N=N2)c1. The molecule has 1 saturated carbocycles. The molecule has 0 saturated heterocycles. The Kier molecular flexibility index (Phi) is 5.01. The predicted octanol–water partition coefficient (Wildman–Crippen LogP) is 2.88. The molecule has 1 N–H and O–H groups in total. The lowest BCUT2D eigenvalue weighted by atomic mass is 9.81. The van der Waals surface area contributed by atoms with E-state index in [1.807, 2.05) is 6.07 Å². The van der Waals surface area contributed by atoms with E-state index in [-0.39, 0.29) is 11.8 Å². The van der Waals surface area contributed by atoms with Crippen molar-refractivity contribution in [2.75, 3.05) is 18.8 Å². The quantitative estimate of drug-likeness (QED) is 0.873.